The van der Waals surface area contributed by atoms with Gasteiger partial charge in [0.2, 0.25) is 0 Å². The summed E-state index contributed by atoms with van der Waals surface area (Å²) >= 11 is 0. The molecule has 0 spiro atoms. The molecule has 182 valence electrons. The zero-order chi connectivity index (χ0) is 24.8. The van der Waals surface area contributed by atoms with Crippen LogP contribution in [0.4, 0.5) is 0 Å². The summed E-state index contributed by atoms with van der Waals surface area (Å²) in [5, 5.41) is 11.3. The number of likely N-dealkylation sites (tertiary alicyclic amines) is 1. The molecule has 1 unspecified atom stereocenters. The summed E-state index contributed by atoms with van der Waals surface area (Å²) in [6.45, 7) is 3.40. The first kappa shape index (κ1) is 25.1. The van der Waals surface area contributed by atoms with Crippen LogP contribution < -0.4 is 14.2 Å². The van der Waals surface area contributed by atoms with Gasteiger partial charge in [0.25, 0.3) is 11.7 Å². The van der Waals surface area contributed by atoms with Crippen molar-refractivity contribution in [1.82, 2.24) is 9.80 Å². The summed E-state index contributed by atoms with van der Waals surface area (Å²) < 4.78 is 16.5. The van der Waals surface area contributed by atoms with Crippen molar-refractivity contribution in [3.63, 3.8) is 0 Å². The second-order valence-corrected chi connectivity index (χ2v) is 8.29. The van der Waals surface area contributed by atoms with E-state index in [0.29, 0.717) is 48.1 Å². The highest BCUT2D eigenvalue weighted by molar-refractivity contribution is 6.46. The number of rotatable bonds is 10. The largest absolute Gasteiger partial charge is 0.507 e. The summed E-state index contributed by atoms with van der Waals surface area (Å²) in [6.07, 6.45) is 0.840. The van der Waals surface area contributed by atoms with E-state index in [9.17, 15) is 14.7 Å². The van der Waals surface area contributed by atoms with Crippen molar-refractivity contribution in [2.75, 3.05) is 48.0 Å². The Hall–Kier alpha value is -3.52. The van der Waals surface area contributed by atoms with Crippen molar-refractivity contribution in [2.45, 2.75) is 19.4 Å². The zero-order valence-electron chi connectivity index (χ0n) is 20.3. The number of hydrogen-bond donors (Lipinski definition) is 1. The molecule has 34 heavy (non-hydrogen) atoms. The van der Waals surface area contributed by atoms with Crippen molar-refractivity contribution in [2.24, 2.45) is 0 Å². The Balaban J connectivity index is 2.15. The average Bonchev–Trinajstić information content (AvgIpc) is 3.10. The topological polar surface area (TPSA) is 88.5 Å². The number of nitrogens with zero attached hydrogens (tertiary/aromatic N) is 2. The molecule has 0 saturated carbocycles. The minimum atomic E-state index is -0.778. The quantitative estimate of drug-likeness (QED) is 0.324. The molecular weight excluding hydrogens is 436 g/mol. The summed E-state index contributed by atoms with van der Waals surface area (Å²) in [7, 11) is 6.84. The van der Waals surface area contributed by atoms with Gasteiger partial charge in [-0.05, 0) is 50.3 Å². The van der Waals surface area contributed by atoms with E-state index < -0.39 is 17.7 Å². The van der Waals surface area contributed by atoms with Gasteiger partial charge in [-0.25, -0.2) is 0 Å². The van der Waals surface area contributed by atoms with Crippen LogP contribution in [0.2, 0.25) is 0 Å². The Morgan fingerprint density at radius 3 is 2.44 bits per heavy atom. The van der Waals surface area contributed by atoms with Crippen LogP contribution in [0, 0.1) is 0 Å². The standard InChI is InChI=1S/C26H32N2O6/c1-6-14-34-19-9-7-8-18(15-19)24(29)22-23(17-10-11-20(32-4)21(16-17)33-5)28(13-12-27(2)3)26(31)25(22)30/h7-11,15-16,23,29H,6,12-14H2,1-5H3/b24-22+. The molecule has 1 aliphatic rings. The molecule has 2 aromatic rings. The van der Waals surface area contributed by atoms with Gasteiger partial charge in [-0.3, -0.25) is 9.59 Å². The second-order valence-electron chi connectivity index (χ2n) is 8.29. The lowest BCUT2D eigenvalue weighted by Gasteiger charge is -2.27. The van der Waals surface area contributed by atoms with Crippen LogP contribution in [0.3, 0.4) is 0 Å². The van der Waals surface area contributed by atoms with Crippen molar-refractivity contribution in [3.05, 3.63) is 59.2 Å². The van der Waals surface area contributed by atoms with E-state index in [1.165, 1.54) is 19.1 Å². The van der Waals surface area contributed by atoms with Crippen LogP contribution in [0.5, 0.6) is 17.2 Å². The number of hydrogen-bond acceptors (Lipinski definition) is 7. The SMILES string of the molecule is CCCOc1cccc(/C(O)=C2\C(=O)C(=O)N(CCN(C)C)C2c2ccc(OC)c(OC)c2)c1. The van der Waals surface area contributed by atoms with Crippen molar-refractivity contribution in [1.29, 1.82) is 0 Å². The first-order valence-corrected chi connectivity index (χ1v) is 11.2. The van der Waals surface area contributed by atoms with Gasteiger partial charge in [-0.15, -0.1) is 0 Å². The van der Waals surface area contributed by atoms with E-state index >= 15 is 0 Å². The smallest absolute Gasteiger partial charge is 0.295 e. The first-order valence-electron chi connectivity index (χ1n) is 11.2. The van der Waals surface area contributed by atoms with E-state index in [-0.39, 0.29) is 11.3 Å². The predicted molar refractivity (Wildman–Crippen MR) is 129 cm³/mol. The van der Waals surface area contributed by atoms with E-state index in [0.717, 1.165) is 6.42 Å². The van der Waals surface area contributed by atoms with Crippen LogP contribution >= 0.6 is 0 Å². The van der Waals surface area contributed by atoms with Crippen LogP contribution in [0.25, 0.3) is 5.76 Å². The summed E-state index contributed by atoms with van der Waals surface area (Å²) in [6, 6.07) is 11.3. The van der Waals surface area contributed by atoms with E-state index in [1.807, 2.05) is 25.9 Å². The fourth-order valence-corrected chi connectivity index (χ4v) is 3.90. The second kappa shape index (κ2) is 11.1. The third-order valence-electron chi connectivity index (χ3n) is 5.63. The summed E-state index contributed by atoms with van der Waals surface area (Å²) in [5.41, 5.74) is 1.07. The van der Waals surface area contributed by atoms with Gasteiger partial charge in [-0.2, -0.15) is 0 Å². The Bertz CT molecular complexity index is 1080. The molecule has 1 fully saturated rings. The maximum Gasteiger partial charge on any atom is 0.295 e. The highest BCUT2D eigenvalue weighted by Gasteiger charge is 2.46. The Kier molecular flexibility index (Phi) is 8.17. The van der Waals surface area contributed by atoms with Gasteiger partial charge in [0, 0.05) is 18.7 Å². The molecular formula is C26H32N2O6. The van der Waals surface area contributed by atoms with Crippen LogP contribution in [-0.4, -0.2) is 74.6 Å². The minimum Gasteiger partial charge on any atom is -0.507 e. The molecule has 1 heterocycles. The molecule has 0 aromatic heterocycles. The Morgan fingerprint density at radius 1 is 1.06 bits per heavy atom. The molecule has 1 N–H and O–H groups in total. The lowest BCUT2D eigenvalue weighted by atomic mass is 9.95. The third-order valence-corrected chi connectivity index (χ3v) is 5.63. The minimum absolute atomic E-state index is 0.0311. The number of likely N-dealkylation sites (N-methyl/N-ethyl adjacent to an activating group) is 1. The van der Waals surface area contributed by atoms with Gasteiger partial charge in [0.1, 0.15) is 11.5 Å². The molecule has 3 rings (SSSR count). The van der Waals surface area contributed by atoms with Crippen molar-refractivity contribution >= 4 is 17.4 Å². The van der Waals surface area contributed by atoms with Gasteiger partial charge in [0.15, 0.2) is 11.5 Å². The first-order chi connectivity index (χ1) is 16.3. The fourth-order valence-electron chi connectivity index (χ4n) is 3.90. The molecule has 1 atom stereocenters. The molecule has 0 radical (unpaired) electrons. The molecule has 8 heteroatoms. The van der Waals surface area contributed by atoms with E-state index in [4.69, 9.17) is 14.2 Å². The monoisotopic (exact) mass is 468 g/mol. The number of carbonyl (C=O) groups excluding carboxylic acids is 2. The third kappa shape index (κ3) is 5.17. The number of benzene rings is 2. The molecule has 0 bridgehead atoms. The van der Waals surface area contributed by atoms with Crippen LogP contribution in [-0.2, 0) is 9.59 Å². The molecule has 2 aromatic carbocycles. The predicted octanol–water partition coefficient (Wildman–Crippen LogP) is 3.48. The Labute approximate surface area is 200 Å². The fraction of sp³-hybridized carbons (Fsp3) is 0.385. The van der Waals surface area contributed by atoms with E-state index in [1.54, 1.807) is 42.5 Å². The number of Topliss-reactive ketones (excluding diaryl/α,β-unsaturated/α-hetero) is 1. The Morgan fingerprint density at radius 2 is 1.79 bits per heavy atom. The number of aliphatic hydroxyl groups is 1. The normalized spacial score (nSPS) is 17.4. The molecule has 1 amide bonds. The molecule has 8 nitrogen and oxygen atoms in total. The van der Waals surface area contributed by atoms with Gasteiger partial charge in [-0.1, -0.05) is 25.1 Å². The molecule has 1 saturated heterocycles. The zero-order valence-corrected chi connectivity index (χ0v) is 20.3. The number of amides is 1. The lowest BCUT2D eigenvalue weighted by Crippen LogP contribution is -2.35. The number of carbonyl (C=O) groups is 2. The number of methoxy groups -OCH3 is 2. The molecule has 0 aliphatic carbocycles. The van der Waals surface area contributed by atoms with Crippen LogP contribution in [0.1, 0.15) is 30.5 Å². The summed E-state index contributed by atoms with van der Waals surface area (Å²) in [4.78, 5) is 29.7. The van der Waals surface area contributed by atoms with Gasteiger partial charge in [0.05, 0.1) is 32.4 Å². The number of aliphatic hydroxyl groups excluding tert-OH is 1. The summed E-state index contributed by atoms with van der Waals surface area (Å²) in [5.74, 6) is -0.0502. The maximum atomic E-state index is 13.2. The van der Waals surface area contributed by atoms with Crippen molar-refractivity contribution < 1.29 is 28.9 Å². The maximum absolute atomic E-state index is 13.2. The highest BCUT2D eigenvalue weighted by atomic mass is 16.5. The van der Waals surface area contributed by atoms with Gasteiger partial charge >= 0.3 is 0 Å². The van der Waals surface area contributed by atoms with Gasteiger partial charge < -0.3 is 29.1 Å². The number of ether oxygens (including phenoxy) is 3. The van der Waals surface area contributed by atoms with Crippen molar-refractivity contribution in [3.8, 4) is 17.2 Å². The average molecular weight is 469 g/mol. The number of ketones is 1. The lowest BCUT2D eigenvalue weighted by molar-refractivity contribution is -0.140. The highest BCUT2D eigenvalue weighted by Crippen LogP contribution is 2.42. The van der Waals surface area contributed by atoms with E-state index in [2.05, 4.69) is 0 Å². The van der Waals surface area contributed by atoms with Crippen LogP contribution in [0.15, 0.2) is 48.0 Å². The molecule has 1 aliphatic heterocycles.